The van der Waals surface area contributed by atoms with Gasteiger partial charge in [0.25, 0.3) is 0 Å². The lowest BCUT2D eigenvalue weighted by molar-refractivity contribution is -0.154. The van der Waals surface area contributed by atoms with E-state index in [1.54, 1.807) is 11.3 Å². The highest BCUT2D eigenvalue weighted by Crippen LogP contribution is 2.45. The molecular formula is C17H20N2O3S. The first-order chi connectivity index (χ1) is 11.1. The van der Waals surface area contributed by atoms with Crippen LogP contribution >= 0.6 is 11.3 Å². The standard InChI is InChI=1S/C17H20N2O3S/c20-14-5-6-15(21)19(14)12-10-18(11-12)16(22)17(7-1-2-8-17)13-4-3-9-23-13/h3-4,9,12H,1-2,5-8,10-11H2. The third-order valence-electron chi connectivity index (χ3n) is 5.46. The Morgan fingerprint density at radius 2 is 1.78 bits per heavy atom. The molecule has 6 heteroatoms. The Hall–Kier alpha value is -1.69. The Bertz CT molecular complexity index is 627. The summed E-state index contributed by atoms with van der Waals surface area (Å²) in [7, 11) is 0. The molecule has 1 aromatic heterocycles. The summed E-state index contributed by atoms with van der Waals surface area (Å²) in [6, 6.07) is 3.97. The van der Waals surface area contributed by atoms with Crippen LogP contribution in [0.15, 0.2) is 17.5 Å². The molecule has 1 aliphatic carbocycles. The van der Waals surface area contributed by atoms with Crippen LogP contribution in [0.4, 0.5) is 0 Å². The summed E-state index contributed by atoms with van der Waals surface area (Å²) in [5.74, 6) is 0.0228. The maximum absolute atomic E-state index is 13.1. The largest absolute Gasteiger partial charge is 0.338 e. The summed E-state index contributed by atoms with van der Waals surface area (Å²) in [5, 5.41) is 2.03. The fourth-order valence-corrected chi connectivity index (χ4v) is 5.16. The van der Waals surface area contributed by atoms with Crippen molar-refractivity contribution in [1.29, 1.82) is 0 Å². The van der Waals surface area contributed by atoms with E-state index in [0.717, 1.165) is 30.6 Å². The van der Waals surface area contributed by atoms with Gasteiger partial charge in [0.05, 0.1) is 11.5 Å². The Morgan fingerprint density at radius 1 is 1.13 bits per heavy atom. The molecule has 23 heavy (non-hydrogen) atoms. The normalized spacial score (nSPS) is 24.3. The second-order valence-electron chi connectivity index (χ2n) is 6.79. The van der Waals surface area contributed by atoms with Crippen LogP contribution in [0.1, 0.15) is 43.4 Å². The molecule has 3 amide bonds. The van der Waals surface area contributed by atoms with Crippen molar-refractivity contribution in [2.45, 2.75) is 50.0 Å². The lowest BCUT2D eigenvalue weighted by Gasteiger charge is -2.46. The van der Waals surface area contributed by atoms with Crippen LogP contribution in [0.25, 0.3) is 0 Å². The number of carbonyl (C=O) groups is 3. The van der Waals surface area contributed by atoms with Crippen LogP contribution in [0.2, 0.25) is 0 Å². The predicted molar refractivity (Wildman–Crippen MR) is 85.9 cm³/mol. The monoisotopic (exact) mass is 332 g/mol. The third-order valence-corrected chi connectivity index (χ3v) is 6.54. The summed E-state index contributed by atoms with van der Waals surface area (Å²) in [6.07, 6.45) is 4.64. The van der Waals surface area contributed by atoms with E-state index in [1.807, 2.05) is 16.3 Å². The van der Waals surface area contributed by atoms with Gasteiger partial charge < -0.3 is 4.90 Å². The molecule has 0 radical (unpaired) electrons. The van der Waals surface area contributed by atoms with Gasteiger partial charge in [0.2, 0.25) is 17.7 Å². The minimum atomic E-state index is -0.363. The van der Waals surface area contributed by atoms with Gasteiger partial charge in [0.15, 0.2) is 0 Å². The fraction of sp³-hybridized carbons (Fsp3) is 0.588. The lowest BCUT2D eigenvalue weighted by Crippen LogP contribution is -2.64. The van der Waals surface area contributed by atoms with Gasteiger partial charge >= 0.3 is 0 Å². The zero-order valence-electron chi connectivity index (χ0n) is 13.0. The minimum Gasteiger partial charge on any atom is -0.338 e. The summed E-state index contributed by atoms with van der Waals surface area (Å²) >= 11 is 1.66. The second-order valence-corrected chi connectivity index (χ2v) is 7.74. The SMILES string of the molecule is O=C1CCC(=O)N1C1CN(C(=O)C2(c3cccs3)CCCC2)C1. The van der Waals surface area contributed by atoms with Crippen molar-refractivity contribution in [1.82, 2.24) is 9.80 Å². The molecule has 2 aliphatic heterocycles. The Balaban J connectivity index is 1.48. The molecule has 0 aromatic carbocycles. The summed E-state index contributed by atoms with van der Waals surface area (Å²) in [5.41, 5.74) is -0.363. The molecule has 1 saturated carbocycles. The van der Waals surface area contributed by atoms with Gasteiger partial charge in [0.1, 0.15) is 0 Å². The van der Waals surface area contributed by atoms with E-state index in [-0.39, 0.29) is 29.2 Å². The van der Waals surface area contributed by atoms with Gasteiger partial charge in [-0.1, -0.05) is 18.9 Å². The first-order valence-corrected chi connectivity index (χ1v) is 9.18. The number of rotatable bonds is 3. The number of amides is 3. The summed E-state index contributed by atoms with van der Waals surface area (Å²) < 4.78 is 0. The molecule has 3 aliphatic rings. The molecule has 122 valence electrons. The molecule has 0 unspecified atom stereocenters. The predicted octanol–water partition coefficient (Wildman–Crippen LogP) is 1.92. The smallest absolute Gasteiger partial charge is 0.234 e. The van der Waals surface area contributed by atoms with Crippen LogP contribution in [0.3, 0.4) is 0 Å². The second kappa shape index (κ2) is 5.44. The highest BCUT2D eigenvalue weighted by atomic mass is 32.1. The quantitative estimate of drug-likeness (QED) is 0.795. The fourth-order valence-electron chi connectivity index (χ4n) is 4.18. The van der Waals surface area contributed by atoms with E-state index in [9.17, 15) is 14.4 Å². The topological polar surface area (TPSA) is 57.7 Å². The van der Waals surface area contributed by atoms with Crippen LogP contribution in [0.5, 0.6) is 0 Å². The summed E-state index contributed by atoms with van der Waals surface area (Å²) in [6.45, 7) is 1.01. The Morgan fingerprint density at radius 3 is 2.35 bits per heavy atom. The van der Waals surface area contributed by atoms with E-state index < -0.39 is 0 Å². The van der Waals surface area contributed by atoms with Crippen LogP contribution in [0, 0.1) is 0 Å². The van der Waals surface area contributed by atoms with Gasteiger partial charge in [-0.05, 0) is 24.3 Å². The van der Waals surface area contributed by atoms with Gasteiger partial charge in [-0.2, -0.15) is 0 Å². The van der Waals surface area contributed by atoms with Crippen molar-refractivity contribution >= 4 is 29.1 Å². The molecule has 1 aromatic rings. The average Bonchev–Trinajstić information content (AvgIpc) is 3.21. The summed E-state index contributed by atoms with van der Waals surface area (Å²) in [4.78, 5) is 41.1. The van der Waals surface area contributed by atoms with Crippen molar-refractivity contribution < 1.29 is 14.4 Å². The van der Waals surface area contributed by atoms with E-state index >= 15 is 0 Å². The van der Waals surface area contributed by atoms with Crippen molar-refractivity contribution in [3.05, 3.63) is 22.4 Å². The first-order valence-electron chi connectivity index (χ1n) is 8.30. The van der Waals surface area contributed by atoms with Crippen molar-refractivity contribution in [3.63, 3.8) is 0 Å². The molecule has 3 fully saturated rings. The van der Waals surface area contributed by atoms with Gasteiger partial charge in [-0.25, -0.2) is 0 Å². The number of likely N-dealkylation sites (tertiary alicyclic amines) is 2. The number of hydrogen-bond donors (Lipinski definition) is 0. The Labute approximate surface area is 139 Å². The molecule has 0 spiro atoms. The van der Waals surface area contributed by atoms with Crippen molar-refractivity contribution in [2.24, 2.45) is 0 Å². The lowest BCUT2D eigenvalue weighted by atomic mass is 9.81. The first kappa shape index (κ1) is 14.9. The van der Waals surface area contributed by atoms with Crippen LogP contribution in [-0.4, -0.2) is 46.7 Å². The number of hydrogen-bond acceptors (Lipinski definition) is 4. The molecule has 0 bridgehead atoms. The zero-order valence-corrected chi connectivity index (χ0v) is 13.8. The van der Waals surface area contributed by atoms with Gasteiger partial charge in [-0.15, -0.1) is 11.3 Å². The molecule has 0 N–H and O–H groups in total. The van der Waals surface area contributed by atoms with Crippen molar-refractivity contribution in [3.8, 4) is 0 Å². The third kappa shape index (κ3) is 2.23. The van der Waals surface area contributed by atoms with Crippen molar-refractivity contribution in [2.75, 3.05) is 13.1 Å². The number of nitrogens with zero attached hydrogens (tertiary/aromatic N) is 2. The van der Waals surface area contributed by atoms with E-state index in [0.29, 0.717) is 25.9 Å². The van der Waals surface area contributed by atoms with E-state index in [1.165, 1.54) is 4.90 Å². The molecule has 4 rings (SSSR count). The zero-order chi connectivity index (χ0) is 16.0. The molecule has 0 atom stereocenters. The van der Waals surface area contributed by atoms with E-state index in [2.05, 4.69) is 6.07 Å². The van der Waals surface area contributed by atoms with E-state index in [4.69, 9.17) is 0 Å². The van der Waals surface area contributed by atoms with Gasteiger partial charge in [-0.3, -0.25) is 19.3 Å². The maximum atomic E-state index is 13.1. The number of carbonyl (C=O) groups excluding carboxylic acids is 3. The van der Waals surface area contributed by atoms with Gasteiger partial charge in [0, 0.05) is 30.8 Å². The highest BCUT2D eigenvalue weighted by molar-refractivity contribution is 7.10. The molecule has 2 saturated heterocycles. The molecule has 5 nitrogen and oxygen atoms in total. The molecule has 3 heterocycles. The molecular weight excluding hydrogens is 312 g/mol. The van der Waals surface area contributed by atoms with Crippen LogP contribution < -0.4 is 0 Å². The highest BCUT2D eigenvalue weighted by Gasteiger charge is 2.50. The maximum Gasteiger partial charge on any atom is 0.234 e. The number of imide groups is 1. The average molecular weight is 332 g/mol. The Kier molecular flexibility index (Phi) is 3.52. The number of thiophene rings is 1. The minimum absolute atomic E-state index is 0.0825. The van der Waals surface area contributed by atoms with Crippen LogP contribution in [-0.2, 0) is 19.8 Å².